The second-order valence-electron chi connectivity index (χ2n) is 6.13. The monoisotopic (exact) mass is 247 g/mol. The average Bonchev–Trinajstić information content (AvgIpc) is 2.13. The molecule has 0 amide bonds. The van der Waals surface area contributed by atoms with E-state index < -0.39 is 0 Å². The summed E-state index contributed by atoms with van der Waals surface area (Å²) in [4.78, 5) is 2.12. The Labute approximate surface area is 108 Å². The zero-order chi connectivity index (χ0) is 14.3. The van der Waals surface area contributed by atoms with Crippen molar-refractivity contribution >= 4 is 0 Å². The van der Waals surface area contributed by atoms with Gasteiger partial charge in [-0.2, -0.15) is 0 Å². The van der Waals surface area contributed by atoms with E-state index in [9.17, 15) is 5.11 Å². The van der Waals surface area contributed by atoms with Gasteiger partial charge in [0.15, 0.2) is 0 Å². The average molecular weight is 247 g/mol. The molecular formula is C14H33NO2. The van der Waals surface area contributed by atoms with Gasteiger partial charge in [0.2, 0.25) is 0 Å². The molecule has 0 aromatic heterocycles. The minimum atomic E-state index is -0.211. The molecular weight excluding hydrogens is 214 g/mol. The van der Waals surface area contributed by atoms with Gasteiger partial charge < -0.3 is 14.7 Å². The van der Waals surface area contributed by atoms with Crippen LogP contribution in [0, 0.1) is 5.41 Å². The van der Waals surface area contributed by atoms with Gasteiger partial charge in [-0.15, -0.1) is 0 Å². The molecule has 106 valence electrons. The largest absolute Gasteiger partial charge is 0.394 e. The summed E-state index contributed by atoms with van der Waals surface area (Å²) in [6, 6.07) is 0. The fraction of sp³-hybridized carbons (Fsp3) is 1.00. The Balaban J connectivity index is 0. The SMILES string of the molecule is CC.CN(C)CC(C)(C)C(CO)OC(C)(C)C. The first-order valence-electron chi connectivity index (χ1n) is 6.52. The van der Waals surface area contributed by atoms with Crippen LogP contribution in [0.2, 0.25) is 0 Å². The van der Waals surface area contributed by atoms with E-state index >= 15 is 0 Å². The van der Waals surface area contributed by atoms with E-state index in [2.05, 4.69) is 18.7 Å². The molecule has 0 fully saturated rings. The first-order valence-corrected chi connectivity index (χ1v) is 6.52. The molecule has 0 radical (unpaired) electrons. The Bertz CT molecular complexity index is 183. The summed E-state index contributed by atoms with van der Waals surface area (Å²) in [6.07, 6.45) is -0.125. The minimum Gasteiger partial charge on any atom is -0.394 e. The molecule has 17 heavy (non-hydrogen) atoms. The van der Waals surface area contributed by atoms with Gasteiger partial charge in [-0.3, -0.25) is 0 Å². The predicted molar refractivity (Wildman–Crippen MR) is 75.4 cm³/mol. The molecule has 0 spiro atoms. The second-order valence-corrected chi connectivity index (χ2v) is 6.13. The molecule has 3 nitrogen and oxygen atoms in total. The Hall–Kier alpha value is -0.120. The third kappa shape index (κ3) is 9.57. The van der Waals surface area contributed by atoms with E-state index in [0.717, 1.165) is 6.54 Å². The van der Waals surface area contributed by atoms with E-state index in [4.69, 9.17) is 4.74 Å². The van der Waals surface area contributed by atoms with Crippen molar-refractivity contribution in [3.05, 3.63) is 0 Å². The van der Waals surface area contributed by atoms with Gasteiger partial charge in [0.1, 0.15) is 0 Å². The third-order valence-electron chi connectivity index (χ3n) is 2.26. The zero-order valence-electron chi connectivity index (χ0n) is 13.3. The number of hydrogen-bond donors (Lipinski definition) is 1. The molecule has 0 rings (SSSR count). The summed E-state index contributed by atoms with van der Waals surface area (Å²) in [5.41, 5.74) is -0.261. The highest BCUT2D eigenvalue weighted by molar-refractivity contribution is 4.83. The maximum Gasteiger partial charge on any atom is 0.0875 e. The second kappa shape index (κ2) is 8.06. The summed E-state index contributed by atoms with van der Waals surface area (Å²) in [5, 5.41) is 9.39. The lowest BCUT2D eigenvalue weighted by atomic mass is 9.85. The van der Waals surface area contributed by atoms with Crippen LogP contribution in [0.3, 0.4) is 0 Å². The Kier molecular flexibility index (Phi) is 9.12. The Morgan fingerprint density at radius 2 is 1.47 bits per heavy atom. The molecule has 0 heterocycles. The highest BCUT2D eigenvalue weighted by Crippen LogP contribution is 2.27. The van der Waals surface area contributed by atoms with Gasteiger partial charge >= 0.3 is 0 Å². The molecule has 0 aromatic rings. The van der Waals surface area contributed by atoms with Crippen LogP contribution in [0.4, 0.5) is 0 Å². The number of rotatable bonds is 5. The number of aliphatic hydroxyl groups excluding tert-OH is 1. The predicted octanol–water partition coefficient (Wildman–Crippen LogP) is 2.78. The van der Waals surface area contributed by atoms with Crippen molar-refractivity contribution < 1.29 is 9.84 Å². The van der Waals surface area contributed by atoms with E-state index in [1.54, 1.807) is 0 Å². The zero-order valence-corrected chi connectivity index (χ0v) is 13.3. The van der Waals surface area contributed by atoms with Crippen molar-refractivity contribution in [2.24, 2.45) is 5.41 Å². The number of ether oxygens (including phenoxy) is 1. The first-order chi connectivity index (χ1) is 7.58. The fourth-order valence-corrected chi connectivity index (χ4v) is 1.79. The summed E-state index contributed by atoms with van der Waals surface area (Å²) in [6.45, 7) is 15.3. The van der Waals surface area contributed by atoms with Crippen LogP contribution in [0.5, 0.6) is 0 Å². The Morgan fingerprint density at radius 3 is 1.71 bits per heavy atom. The van der Waals surface area contributed by atoms with Gasteiger partial charge in [0.25, 0.3) is 0 Å². The van der Waals surface area contributed by atoms with Crippen LogP contribution in [-0.4, -0.2) is 49.0 Å². The van der Waals surface area contributed by atoms with Crippen molar-refractivity contribution in [3.8, 4) is 0 Å². The lowest BCUT2D eigenvalue weighted by Crippen LogP contribution is -2.45. The molecule has 0 aliphatic rings. The van der Waals surface area contributed by atoms with Gasteiger partial charge in [-0.05, 0) is 34.9 Å². The van der Waals surface area contributed by atoms with Crippen molar-refractivity contribution in [1.29, 1.82) is 0 Å². The van der Waals surface area contributed by atoms with Crippen LogP contribution < -0.4 is 0 Å². The lowest BCUT2D eigenvalue weighted by Gasteiger charge is -2.39. The van der Waals surface area contributed by atoms with Gasteiger partial charge in [0, 0.05) is 12.0 Å². The minimum absolute atomic E-state index is 0.0501. The molecule has 1 unspecified atom stereocenters. The summed E-state index contributed by atoms with van der Waals surface area (Å²) in [7, 11) is 4.07. The Morgan fingerprint density at radius 1 is 1.06 bits per heavy atom. The van der Waals surface area contributed by atoms with Crippen molar-refractivity contribution in [2.45, 2.75) is 60.2 Å². The van der Waals surface area contributed by atoms with Crippen LogP contribution in [0.1, 0.15) is 48.5 Å². The fourth-order valence-electron chi connectivity index (χ4n) is 1.79. The third-order valence-corrected chi connectivity index (χ3v) is 2.26. The van der Waals surface area contributed by atoms with E-state index in [-0.39, 0.29) is 23.7 Å². The maximum absolute atomic E-state index is 9.39. The quantitative estimate of drug-likeness (QED) is 0.811. The molecule has 1 atom stereocenters. The molecule has 1 N–H and O–H groups in total. The van der Waals surface area contributed by atoms with Crippen molar-refractivity contribution in [3.63, 3.8) is 0 Å². The van der Waals surface area contributed by atoms with Crippen LogP contribution in [0.25, 0.3) is 0 Å². The normalized spacial score (nSPS) is 14.3. The summed E-state index contributed by atoms with van der Waals surface area (Å²) < 4.78 is 5.88. The van der Waals surface area contributed by atoms with Gasteiger partial charge in [-0.1, -0.05) is 27.7 Å². The van der Waals surface area contributed by atoms with Crippen molar-refractivity contribution in [2.75, 3.05) is 27.2 Å². The number of aliphatic hydroxyl groups is 1. The van der Waals surface area contributed by atoms with E-state index in [1.165, 1.54) is 0 Å². The van der Waals surface area contributed by atoms with E-state index in [1.807, 2.05) is 48.7 Å². The maximum atomic E-state index is 9.39. The lowest BCUT2D eigenvalue weighted by molar-refractivity contribution is -0.131. The molecule has 0 aliphatic carbocycles. The first kappa shape index (κ1) is 19.2. The molecule has 0 bridgehead atoms. The van der Waals surface area contributed by atoms with Crippen molar-refractivity contribution in [1.82, 2.24) is 4.90 Å². The van der Waals surface area contributed by atoms with Crippen LogP contribution in [-0.2, 0) is 4.74 Å². The summed E-state index contributed by atoms with van der Waals surface area (Å²) >= 11 is 0. The van der Waals surface area contributed by atoms with Gasteiger partial charge in [-0.25, -0.2) is 0 Å². The molecule has 0 aliphatic heterocycles. The standard InChI is InChI=1S/C12H27NO2.C2H6/c1-11(2,3)15-10(8-14)12(4,5)9-13(6)7;1-2/h10,14H,8-9H2,1-7H3;1-2H3. The topological polar surface area (TPSA) is 32.7 Å². The van der Waals surface area contributed by atoms with Crippen LogP contribution >= 0.6 is 0 Å². The highest BCUT2D eigenvalue weighted by atomic mass is 16.5. The van der Waals surface area contributed by atoms with Crippen LogP contribution in [0.15, 0.2) is 0 Å². The van der Waals surface area contributed by atoms with Gasteiger partial charge in [0.05, 0.1) is 18.3 Å². The number of hydrogen-bond acceptors (Lipinski definition) is 3. The van der Waals surface area contributed by atoms with E-state index in [0.29, 0.717) is 0 Å². The molecule has 0 aromatic carbocycles. The number of nitrogens with zero attached hydrogens (tertiary/aromatic N) is 1. The highest BCUT2D eigenvalue weighted by Gasteiger charge is 2.33. The summed E-state index contributed by atoms with van der Waals surface area (Å²) in [5.74, 6) is 0. The molecule has 0 saturated heterocycles. The smallest absolute Gasteiger partial charge is 0.0875 e. The molecule has 3 heteroatoms. The molecule has 0 saturated carbocycles.